The number of nitriles is 1. The number of nitrogens with zero attached hydrogens (tertiary/aromatic N) is 1. The largest absolute Gasteiger partial charge is 0.497 e. The minimum Gasteiger partial charge on any atom is -0.497 e. The highest BCUT2D eigenvalue weighted by Crippen LogP contribution is 2.35. The molecule has 0 radical (unpaired) electrons. The highest BCUT2D eigenvalue weighted by Gasteiger charge is 2.20. The maximum atomic E-state index is 9.31. The normalized spacial score (nSPS) is 11.0. The van der Waals surface area contributed by atoms with E-state index in [0.717, 1.165) is 22.4 Å². The van der Waals surface area contributed by atoms with Gasteiger partial charge in [0.2, 0.25) is 0 Å². The number of hydrogen-bond acceptors (Lipinski definition) is 3. The van der Waals surface area contributed by atoms with Crippen LogP contribution in [0, 0.1) is 11.3 Å². The molecule has 0 heterocycles. The monoisotopic (exact) mass is 280 g/mol. The predicted octanol–water partition coefficient (Wildman–Crippen LogP) is 4.11. The van der Waals surface area contributed by atoms with Gasteiger partial charge in [0, 0.05) is 0 Å². The maximum Gasteiger partial charge on any atom is 0.118 e. The van der Waals surface area contributed by atoms with Crippen LogP contribution in [-0.2, 0) is 5.41 Å². The first-order valence-corrected chi connectivity index (χ1v) is 6.85. The van der Waals surface area contributed by atoms with Crippen molar-refractivity contribution in [2.75, 3.05) is 12.8 Å². The summed E-state index contributed by atoms with van der Waals surface area (Å²) >= 11 is 0. The fourth-order valence-electron chi connectivity index (χ4n) is 2.32. The van der Waals surface area contributed by atoms with E-state index in [0.29, 0.717) is 11.3 Å². The Hall–Kier alpha value is -2.47. The van der Waals surface area contributed by atoms with Gasteiger partial charge in [-0.3, -0.25) is 0 Å². The van der Waals surface area contributed by atoms with Crippen LogP contribution in [0.4, 0.5) is 5.69 Å². The van der Waals surface area contributed by atoms with Crippen molar-refractivity contribution in [3.05, 3.63) is 47.5 Å². The third-order valence-corrected chi connectivity index (χ3v) is 3.53. The van der Waals surface area contributed by atoms with Crippen LogP contribution in [0.5, 0.6) is 5.75 Å². The molecule has 0 bridgehead atoms. The summed E-state index contributed by atoms with van der Waals surface area (Å²) in [7, 11) is 1.64. The van der Waals surface area contributed by atoms with Gasteiger partial charge < -0.3 is 10.5 Å². The third kappa shape index (κ3) is 3.00. The number of benzene rings is 2. The molecule has 0 atom stereocenters. The van der Waals surface area contributed by atoms with Crippen molar-refractivity contribution < 1.29 is 4.74 Å². The summed E-state index contributed by atoms with van der Waals surface area (Å²) in [5.74, 6) is 0.811. The van der Waals surface area contributed by atoms with E-state index < -0.39 is 0 Å². The van der Waals surface area contributed by atoms with E-state index in [2.05, 4.69) is 32.9 Å². The molecule has 0 saturated carbocycles. The number of nitrogens with two attached hydrogens (primary N) is 1. The molecule has 0 aromatic heterocycles. The van der Waals surface area contributed by atoms with Gasteiger partial charge in [0.05, 0.1) is 18.4 Å². The van der Waals surface area contributed by atoms with Gasteiger partial charge >= 0.3 is 0 Å². The average molecular weight is 280 g/mol. The van der Waals surface area contributed by atoms with Gasteiger partial charge in [0.25, 0.3) is 0 Å². The summed E-state index contributed by atoms with van der Waals surface area (Å²) in [4.78, 5) is 0. The quantitative estimate of drug-likeness (QED) is 0.842. The lowest BCUT2D eigenvalue weighted by Gasteiger charge is -2.23. The number of methoxy groups -OCH3 is 1. The van der Waals surface area contributed by atoms with Crippen molar-refractivity contribution in [2.24, 2.45) is 0 Å². The number of hydrogen-bond donors (Lipinski definition) is 1. The standard InChI is InChI=1S/C18H20N2O/c1-18(2,3)16-10-13(9-14(11-19)17(16)20)12-5-7-15(21-4)8-6-12/h5-10H,20H2,1-4H3. The van der Waals surface area contributed by atoms with E-state index in [1.807, 2.05) is 30.3 Å². The van der Waals surface area contributed by atoms with Gasteiger partial charge in [-0.25, -0.2) is 0 Å². The molecule has 21 heavy (non-hydrogen) atoms. The molecule has 0 unspecified atom stereocenters. The lowest BCUT2D eigenvalue weighted by molar-refractivity contribution is 0.415. The first kappa shape index (κ1) is 14.9. The predicted molar refractivity (Wildman–Crippen MR) is 86.3 cm³/mol. The topological polar surface area (TPSA) is 59.0 Å². The lowest BCUT2D eigenvalue weighted by Crippen LogP contribution is -2.15. The van der Waals surface area contributed by atoms with E-state index in [-0.39, 0.29) is 5.41 Å². The summed E-state index contributed by atoms with van der Waals surface area (Å²) in [6.07, 6.45) is 0. The number of anilines is 1. The Morgan fingerprint density at radius 2 is 1.67 bits per heavy atom. The van der Waals surface area contributed by atoms with Crippen LogP contribution in [-0.4, -0.2) is 7.11 Å². The van der Waals surface area contributed by atoms with Crippen LogP contribution < -0.4 is 10.5 Å². The third-order valence-electron chi connectivity index (χ3n) is 3.53. The molecule has 2 N–H and O–H groups in total. The van der Waals surface area contributed by atoms with Gasteiger partial charge in [-0.15, -0.1) is 0 Å². The minimum atomic E-state index is -0.113. The molecule has 0 fully saturated rings. The Balaban J connectivity index is 2.61. The molecular weight excluding hydrogens is 260 g/mol. The van der Waals surface area contributed by atoms with Crippen molar-refractivity contribution >= 4 is 5.69 Å². The van der Waals surface area contributed by atoms with E-state index >= 15 is 0 Å². The summed E-state index contributed by atoms with van der Waals surface area (Å²) in [5, 5.41) is 9.31. The van der Waals surface area contributed by atoms with Gasteiger partial charge in [0.1, 0.15) is 11.8 Å². The highest BCUT2D eigenvalue weighted by atomic mass is 16.5. The molecule has 0 amide bonds. The summed E-state index contributed by atoms with van der Waals surface area (Å²) in [6, 6.07) is 13.9. The SMILES string of the molecule is COc1ccc(-c2cc(C#N)c(N)c(C(C)(C)C)c2)cc1. The zero-order chi connectivity index (χ0) is 15.6. The second kappa shape index (κ2) is 5.49. The molecule has 3 heteroatoms. The zero-order valence-corrected chi connectivity index (χ0v) is 12.9. The molecule has 2 aromatic rings. The van der Waals surface area contributed by atoms with E-state index in [9.17, 15) is 5.26 Å². The van der Waals surface area contributed by atoms with Crippen LogP contribution in [0.25, 0.3) is 11.1 Å². The van der Waals surface area contributed by atoms with Crippen molar-refractivity contribution in [1.29, 1.82) is 5.26 Å². The Kier molecular flexibility index (Phi) is 3.90. The minimum absolute atomic E-state index is 0.113. The molecule has 0 aliphatic carbocycles. The van der Waals surface area contributed by atoms with Crippen LogP contribution in [0.3, 0.4) is 0 Å². The van der Waals surface area contributed by atoms with Gasteiger partial charge in [-0.1, -0.05) is 32.9 Å². The molecule has 0 saturated heterocycles. The van der Waals surface area contributed by atoms with Gasteiger partial charge in [0.15, 0.2) is 0 Å². The second-order valence-electron chi connectivity index (χ2n) is 6.08. The summed E-state index contributed by atoms with van der Waals surface area (Å²) in [5.41, 5.74) is 10.1. The molecule has 0 aliphatic heterocycles. The molecule has 2 rings (SSSR count). The molecule has 0 spiro atoms. The maximum absolute atomic E-state index is 9.31. The Bertz CT molecular complexity index is 689. The Morgan fingerprint density at radius 1 is 1.05 bits per heavy atom. The first-order valence-electron chi connectivity index (χ1n) is 6.85. The summed E-state index contributed by atoms with van der Waals surface area (Å²) < 4.78 is 5.17. The number of rotatable bonds is 2. The molecule has 2 aromatic carbocycles. The Labute approximate surface area is 126 Å². The van der Waals surface area contributed by atoms with Crippen molar-refractivity contribution in [3.8, 4) is 22.9 Å². The lowest BCUT2D eigenvalue weighted by atomic mass is 9.82. The second-order valence-corrected chi connectivity index (χ2v) is 6.08. The average Bonchev–Trinajstić information content (AvgIpc) is 2.46. The van der Waals surface area contributed by atoms with Crippen molar-refractivity contribution in [2.45, 2.75) is 26.2 Å². The zero-order valence-electron chi connectivity index (χ0n) is 12.9. The van der Waals surface area contributed by atoms with E-state index in [1.165, 1.54) is 0 Å². The van der Waals surface area contributed by atoms with Gasteiger partial charge in [-0.2, -0.15) is 5.26 Å². The van der Waals surface area contributed by atoms with E-state index in [4.69, 9.17) is 10.5 Å². The highest BCUT2D eigenvalue weighted by molar-refractivity contribution is 5.74. The first-order chi connectivity index (χ1) is 9.86. The fourth-order valence-corrected chi connectivity index (χ4v) is 2.32. The number of ether oxygens (including phenoxy) is 1. The number of nitrogen functional groups attached to an aromatic ring is 1. The summed E-state index contributed by atoms with van der Waals surface area (Å²) in [6.45, 7) is 6.28. The van der Waals surface area contributed by atoms with Crippen molar-refractivity contribution in [3.63, 3.8) is 0 Å². The molecule has 108 valence electrons. The Morgan fingerprint density at radius 3 is 2.14 bits per heavy atom. The van der Waals surface area contributed by atoms with E-state index in [1.54, 1.807) is 7.11 Å². The van der Waals surface area contributed by atoms with Crippen LogP contribution in [0.1, 0.15) is 31.9 Å². The van der Waals surface area contributed by atoms with Crippen LogP contribution in [0.15, 0.2) is 36.4 Å². The fraction of sp³-hybridized carbons (Fsp3) is 0.278. The van der Waals surface area contributed by atoms with Crippen LogP contribution >= 0.6 is 0 Å². The van der Waals surface area contributed by atoms with Crippen LogP contribution in [0.2, 0.25) is 0 Å². The molecule has 0 aliphatic rings. The molecular formula is C18H20N2O. The smallest absolute Gasteiger partial charge is 0.118 e. The van der Waals surface area contributed by atoms with Gasteiger partial charge in [-0.05, 0) is 46.4 Å². The molecule has 3 nitrogen and oxygen atoms in total. The van der Waals surface area contributed by atoms with Crippen molar-refractivity contribution in [1.82, 2.24) is 0 Å².